The number of benzene rings is 1. The van der Waals surface area contributed by atoms with Crippen LogP contribution in [0.2, 0.25) is 0 Å². The van der Waals surface area contributed by atoms with Crippen LogP contribution in [0.25, 0.3) is 0 Å². The van der Waals surface area contributed by atoms with Crippen LogP contribution in [0, 0.1) is 0 Å². The second-order valence-electron chi connectivity index (χ2n) is 7.69. The normalized spacial score (nSPS) is 20.2. The zero-order valence-electron chi connectivity index (χ0n) is 18.8. The van der Waals surface area contributed by atoms with E-state index in [0.29, 0.717) is 44.3 Å². The van der Waals surface area contributed by atoms with E-state index in [0.717, 1.165) is 22.3 Å². The second kappa shape index (κ2) is 12.0. The van der Waals surface area contributed by atoms with E-state index < -0.39 is 35.3 Å². The van der Waals surface area contributed by atoms with Crippen molar-refractivity contribution in [3.63, 3.8) is 0 Å². The number of carboxylic acids is 1. The Hall–Kier alpha value is -2.63. The van der Waals surface area contributed by atoms with Gasteiger partial charge in [0.15, 0.2) is 5.17 Å². The van der Waals surface area contributed by atoms with Crippen molar-refractivity contribution in [3.05, 3.63) is 35.9 Å². The molecular formula is C22H30N4O6S. The molecule has 1 aromatic carbocycles. The standard InChI is InChI=1S/C22H30N4O6S/c1-3-32-21(30)17(10-9-16-7-5-4-6-8-16)23-15(2)18(27)26-19(20(28)29)33-22(24-26)25-11-13-31-14-12-25/h4-8,15,17,19,23H,3,9-14H2,1-2H3,(H,28,29)/t15-,17-,19-/m0/s1. The van der Waals surface area contributed by atoms with Crippen molar-refractivity contribution >= 4 is 34.8 Å². The maximum Gasteiger partial charge on any atom is 0.339 e. The third kappa shape index (κ3) is 6.68. The van der Waals surface area contributed by atoms with Gasteiger partial charge in [0.2, 0.25) is 5.37 Å². The molecule has 2 aliphatic rings. The Kier molecular flexibility index (Phi) is 9.10. The number of hydrogen-bond donors (Lipinski definition) is 2. The van der Waals surface area contributed by atoms with Gasteiger partial charge in [-0.3, -0.25) is 14.9 Å². The molecule has 1 saturated heterocycles. The van der Waals surface area contributed by atoms with Crippen molar-refractivity contribution in [2.75, 3.05) is 32.9 Å². The number of rotatable bonds is 9. The maximum absolute atomic E-state index is 13.2. The Morgan fingerprint density at radius 1 is 1.27 bits per heavy atom. The number of esters is 1. The van der Waals surface area contributed by atoms with Gasteiger partial charge in [0.25, 0.3) is 5.91 Å². The van der Waals surface area contributed by atoms with Gasteiger partial charge in [-0.25, -0.2) is 9.80 Å². The summed E-state index contributed by atoms with van der Waals surface area (Å²) in [7, 11) is 0. The summed E-state index contributed by atoms with van der Waals surface area (Å²) in [6.07, 6.45) is 1.05. The fraction of sp³-hybridized carbons (Fsp3) is 0.545. The Labute approximate surface area is 197 Å². The van der Waals surface area contributed by atoms with Crippen molar-refractivity contribution in [3.8, 4) is 0 Å². The molecule has 0 bridgehead atoms. The number of carbonyl (C=O) groups excluding carboxylic acids is 2. The van der Waals surface area contributed by atoms with Crippen molar-refractivity contribution in [2.24, 2.45) is 5.10 Å². The zero-order chi connectivity index (χ0) is 23.8. The molecule has 1 aromatic rings. The molecule has 180 valence electrons. The van der Waals surface area contributed by atoms with E-state index in [4.69, 9.17) is 9.47 Å². The van der Waals surface area contributed by atoms with E-state index in [-0.39, 0.29) is 6.61 Å². The van der Waals surface area contributed by atoms with Gasteiger partial charge in [-0.05, 0) is 44.0 Å². The first kappa shape index (κ1) is 25.0. The monoisotopic (exact) mass is 478 g/mol. The largest absolute Gasteiger partial charge is 0.479 e. The Morgan fingerprint density at radius 3 is 2.61 bits per heavy atom. The van der Waals surface area contributed by atoms with Crippen LogP contribution in [0.5, 0.6) is 0 Å². The molecule has 33 heavy (non-hydrogen) atoms. The quantitative estimate of drug-likeness (QED) is 0.503. The Morgan fingerprint density at radius 2 is 1.97 bits per heavy atom. The first-order valence-electron chi connectivity index (χ1n) is 11.0. The molecule has 0 spiro atoms. The third-order valence-electron chi connectivity index (χ3n) is 5.31. The highest BCUT2D eigenvalue weighted by molar-refractivity contribution is 8.15. The number of carbonyl (C=O) groups is 3. The lowest BCUT2D eigenvalue weighted by Crippen LogP contribution is -2.52. The lowest BCUT2D eigenvalue weighted by molar-refractivity contribution is -0.149. The van der Waals surface area contributed by atoms with Crippen LogP contribution in [0.3, 0.4) is 0 Å². The highest BCUT2D eigenvalue weighted by atomic mass is 32.2. The van der Waals surface area contributed by atoms with Crippen LogP contribution >= 0.6 is 11.8 Å². The summed E-state index contributed by atoms with van der Waals surface area (Å²) >= 11 is 1.03. The molecule has 0 radical (unpaired) electrons. The molecule has 2 N–H and O–H groups in total. The van der Waals surface area contributed by atoms with Gasteiger partial charge < -0.3 is 19.5 Å². The number of hydrogen-bond acceptors (Lipinski definition) is 9. The van der Waals surface area contributed by atoms with Crippen molar-refractivity contribution in [1.29, 1.82) is 0 Å². The molecule has 0 aromatic heterocycles. The lowest BCUT2D eigenvalue weighted by atomic mass is 10.0. The Bertz CT molecular complexity index is 862. The number of aliphatic carboxylic acids is 1. The van der Waals surface area contributed by atoms with E-state index in [1.54, 1.807) is 13.8 Å². The minimum atomic E-state index is -1.16. The van der Waals surface area contributed by atoms with Crippen LogP contribution in [0.1, 0.15) is 25.8 Å². The summed E-state index contributed by atoms with van der Waals surface area (Å²) in [5.41, 5.74) is 1.06. The number of hydrazone groups is 1. The number of morpholine rings is 1. The Balaban J connectivity index is 1.69. The van der Waals surface area contributed by atoms with E-state index in [9.17, 15) is 19.5 Å². The van der Waals surface area contributed by atoms with Gasteiger partial charge in [-0.2, -0.15) is 0 Å². The molecule has 0 unspecified atom stereocenters. The summed E-state index contributed by atoms with van der Waals surface area (Å²) < 4.78 is 10.5. The van der Waals surface area contributed by atoms with E-state index in [2.05, 4.69) is 10.4 Å². The van der Waals surface area contributed by atoms with E-state index in [1.807, 2.05) is 35.2 Å². The first-order valence-corrected chi connectivity index (χ1v) is 11.9. The van der Waals surface area contributed by atoms with Gasteiger partial charge in [-0.15, -0.1) is 5.10 Å². The molecule has 0 saturated carbocycles. The highest BCUT2D eigenvalue weighted by Crippen LogP contribution is 2.29. The van der Waals surface area contributed by atoms with E-state index >= 15 is 0 Å². The molecular weight excluding hydrogens is 448 g/mol. The predicted molar refractivity (Wildman–Crippen MR) is 123 cm³/mol. The summed E-state index contributed by atoms with van der Waals surface area (Å²) in [6, 6.07) is 8.15. The van der Waals surface area contributed by atoms with Crippen LogP contribution in [0.15, 0.2) is 35.4 Å². The van der Waals surface area contributed by atoms with Crippen LogP contribution < -0.4 is 5.32 Å². The molecule has 0 aliphatic carbocycles. The molecule has 3 atom stereocenters. The number of amides is 1. The number of nitrogens with one attached hydrogen (secondary N) is 1. The maximum atomic E-state index is 13.2. The highest BCUT2D eigenvalue weighted by Gasteiger charge is 2.41. The van der Waals surface area contributed by atoms with Gasteiger partial charge >= 0.3 is 11.9 Å². The van der Waals surface area contributed by atoms with Crippen molar-refractivity contribution < 1.29 is 29.0 Å². The molecule has 3 rings (SSSR count). The topological polar surface area (TPSA) is 121 Å². The molecule has 11 heteroatoms. The van der Waals surface area contributed by atoms with Crippen molar-refractivity contribution in [1.82, 2.24) is 15.2 Å². The summed E-state index contributed by atoms with van der Waals surface area (Å²) in [6.45, 7) is 5.75. The van der Waals surface area contributed by atoms with Crippen LogP contribution in [-0.2, 0) is 30.3 Å². The minimum Gasteiger partial charge on any atom is -0.479 e. The number of nitrogens with zero attached hydrogens (tertiary/aromatic N) is 3. The number of thioether (sulfide) groups is 1. The van der Waals surface area contributed by atoms with Crippen molar-refractivity contribution in [2.45, 2.75) is 44.1 Å². The average Bonchev–Trinajstić information content (AvgIpc) is 3.28. The minimum absolute atomic E-state index is 0.224. The first-order chi connectivity index (χ1) is 15.9. The van der Waals surface area contributed by atoms with Gasteiger partial charge in [0, 0.05) is 13.1 Å². The van der Waals surface area contributed by atoms with Gasteiger partial charge in [0.05, 0.1) is 25.9 Å². The zero-order valence-corrected chi connectivity index (χ0v) is 19.6. The van der Waals surface area contributed by atoms with E-state index in [1.165, 1.54) is 0 Å². The molecule has 2 aliphatic heterocycles. The summed E-state index contributed by atoms with van der Waals surface area (Å²) in [5, 5.41) is 17.3. The lowest BCUT2D eigenvalue weighted by Gasteiger charge is -2.27. The fourth-order valence-corrected chi connectivity index (χ4v) is 4.59. The van der Waals surface area contributed by atoms with Crippen LogP contribution in [-0.4, -0.2) is 88.4 Å². The molecule has 10 nitrogen and oxygen atoms in total. The molecule has 1 amide bonds. The molecule has 2 heterocycles. The smallest absolute Gasteiger partial charge is 0.339 e. The fourth-order valence-electron chi connectivity index (χ4n) is 3.57. The molecule has 1 fully saturated rings. The van der Waals surface area contributed by atoms with Gasteiger partial charge in [0.1, 0.15) is 6.04 Å². The predicted octanol–water partition coefficient (Wildman–Crippen LogP) is 1.12. The van der Waals surface area contributed by atoms with Gasteiger partial charge in [-0.1, -0.05) is 30.3 Å². The summed E-state index contributed by atoms with van der Waals surface area (Å²) in [4.78, 5) is 39.4. The number of amidine groups is 1. The van der Waals surface area contributed by atoms with Crippen LogP contribution in [0.4, 0.5) is 0 Å². The number of aryl methyl sites for hydroxylation is 1. The third-order valence-corrected chi connectivity index (χ3v) is 6.48. The second-order valence-corrected chi connectivity index (χ2v) is 8.74. The number of carboxylic acid groups (broad SMARTS) is 1. The number of ether oxygens (including phenoxy) is 2. The SMILES string of the molecule is CCOC(=O)[C@H](CCc1ccccc1)N[C@@H](C)C(=O)N1N=C(N2CCOCC2)S[C@H]1C(=O)O. The average molecular weight is 479 g/mol. The summed E-state index contributed by atoms with van der Waals surface area (Å²) in [5.74, 6) is -2.12.